The van der Waals surface area contributed by atoms with E-state index in [2.05, 4.69) is 5.32 Å². The van der Waals surface area contributed by atoms with Gasteiger partial charge in [0, 0.05) is 18.2 Å². The van der Waals surface area contributed by atoms with Crippen LogP contribution in [0.4, 0.5) is 8.78 Å². The van der Waals surface area contributed by atoms with Gasteiger partial charge in [0.2, 0.25) is 5.75 Å². The Morgan fingerprint density at radius 1 is 0.958 bits per heavy atom. The van der Waals surface area contributed by atoms with Gasteiger partial charge in [0.25, 0.3) is 0 Å². The average Bonchev–Trinajstić information content (AvgIpc) is 2.60. The topological polar surface area (TPSA) is 39.7 Å². The van der Waals surface area contributed by atoms with E-state index in [0.717, 1.165) is 17.7 Å². The normalized spacial score (nSPS) is 11.9. The molecule has 0 aliphatic heterocycles. The molecule has 2 aromatic rings. The summed E-state index contributed by atoms with van der Waals surface area (Å²) in [6.07, 6.45) is 0. The molecule has 0 saturated heterocycles. The molecule has 0 saturated carbocycles. The lowest BCUT2D eigenvalue weighted by atomic mass is 10.1. The number of methoxy groups -OCH3 is 3. The molecule has 0 aliphatic rings. The van der Waals surface area contributed by atoms with Crippen molar-refractivity contribution in [2.24, 2.45) is 0 Å². The monoisotopic (exact) mass is 337 g/mol. The second-order valence-electron chi connectivity index (χ2n) is 5.30. The van der Waals surface area contributed by atoms with Crippen molar-refractivity contribution in [1.82, 2.24) is 5.32 Å². The van der Waals surface area contributed by atoms with Crippen molar-refractivity contribution in [3.63, 3.8) is 0 Å². The Morgan fingerprint density at radius 2 is 1.58 bits per heavy atom. The molecule has 0 aliphatic carbocycles. The molecule has 130 valence electrons. The fraction of sp³-hybridized carbons (Fsp3) is 0.333. The molecule has 0 unspecified atom stereocenters. The molecule has 0 fully saturated rings. The number of hydrogen-bond acceptors (Lipinski definition) is 4. The van der Waals surface area contributed by atoms with Gasteiger partial charge in [-0.05, 0) is 42.8 Å². The van der Waals surface area contributed by atoms with E-state index in [0.29, 0.717) is 23.8 Å². The lowest BCUT2D eigenvalue weighted by Crippen LogP contribution is -2.19. The zero-order chi connectivity index (χ0) is 17.7. The Bertz CT molecular complexity index is 682. The Balaban J connectivity index is 2.18. The van der Waals surface area contributed by atoms with Crippen molar-refractivity contribution in [2.75, 3.05) is 21.3 Å². The van der Waals surface area contributed by atoms with Crippen molar-refractivity contribution < 1.29 is 23.0 Å². The first kappa shape index (κ1) is 18.0. The standard InChI is InChI=1S/C18H21F2NO3/c1-11(14-9-13(19)5-6-15(14)20)21-10-12-7-16(22-2)18(24-4)17(8-12)23-3/h5-9,11,21H,10H2,1-4H3/t11-/m0/s1. The van der Waals surface area contributed by atoms with Crippen LogP contribution in [0.25, 0.3) is 0 Å². The van der Waals surface area contributed by atoms with Gasteiger partial charge in [-0.2, -0.15) is 0 Å². The van der Waals surface area contributed by atoms with Crippen molar-refractivity contribution in [3.8, 4) is 17.2 Å². The molecule has 2 rings (SSSR count). The van der Waals surface area contributed by atoms with Crippen molar-refractivity contribution >= 4 is 0 Å². The van der Waals surface area contributed by atoms with Crippen LogP contribution in [0.15, 0.2) is 30.3 Å². The molecule has 6 heteroatoms. The number of ether oxygens (including phenoxy) is 3. The van der Waals surface area contributed by atoms with E-state index >= 15 is 0 Å². The number of rotatable bonds is 7. The number of nitrogens with one attached hydrogen (secondary N) is 1. The minimum absolute atomic E-state index is 0.280. The molecule has 0 bridgehead atoms. The van der Waals surface area contributed by atoms with Crippen LogP contribution in [-0.4, -0.2) is 21.3 Å². The lowest BCUT2D eigenvalue weighted by Gasteiger charge is -2.17. The van der Waals surface area contributed by atoms with Crippen molar-refractivity contribution in [2.45, 2.75) is 19.5 Å². The third-order valence-corrected chi connectivity index (χ3v) is 3.76. The quantitative estimate of drug-likeness (QED) is 0.833. The SMILES string of the molecule is COc1cc(CN[C@@H](C)c2cc(F)ccc2F)cc(OC)c1OC. The van der Waals surface area contributed by atoms with Gasteiger partial charge in [-0.3, -0.25) is 0 Å². The number of benzene rings is 2. The van der Waals surface area contributed by atoms with Crippen molar-refractivity contribution in [1.29, 1.82) is 0 Å². The Kier molecular flexibility index (Phi) is 5.98. The van der Waals surface area contributed by atoms with Crippen LogP contribution in [0.1, 0.15) is 24.1 Å². The van der Waals surface area contributed by atoms with E-state index in [1.165, 1.54) is 13.2 Å². The van der Waals surface area contributed by atoms with Crippen LogP contribution in [0.3, 0.4) is 0 Å². The van der Waals surface area contributed by atoms with Crippen LogP contribution in [0, 0.1) is 11.6 Å². The minimum Gasteiger partial charge on any atom is -0.493 e. The first-order valence-corrected chi connectivity index (χ1v) is 7.47. The Hall–Kier alpha value is -2.34. The largest absolute Gasteiger partial charge is 0.493 e. The Morgan fingerprint density at radius 3 is 2.12 bits per heavy atom. The molecule has 0 heterocycles. The maximum atomic E-state index is 13.8. The molecule has 0 radical (unpaired) electrons. The molecular weight excluding hydrogens is 316 g/mol. The highest BCUT2D eigenvalue weighted by molar-refractivity contribution is 5.53. The van der Waals surface area contributed by atoms with Crippen LogP contribution < -0.4 is 19.5 Å². The lowest BCUT2D eigenvalue weighted by molar-refractivity contribution is 0.323. The van der Waals surface area contributed by atoms with Crippen LogP contribution in [-0.2, 0) is 6.54 Å². The van der Waals surface area contributed by atoms with Gasteiger partial charge in [-0.1, -0.05) is 0 Å². The zero-order valence-corrected chi connectivity index (χ0v) is 14.2. The highest BCUT2D eigenvalue weighted by Gasteiger charge is 2.15. The molecule has 24 heavy (non-hydrogen) atoms. The van der Waals surface area contributed by atoms with E-state index in [9.17, 15) is 8.78 Å². The van der Waals surface area contributed by atoms with E-state index in [1.54, 1.807) is 21.1 Å². The molecule has 0 spiro atoms. The summed E-state index contributed by atoms with van der Waals surface area (Å²) in [4.78, 5) is 0. The molecule has 2 aromatic carbocycles. The van der Waals surface area contributed by atoms with Gasteiger partial charge in [-0.15, -0.1) is 0 Å². The van der Waals surface area contributed by atoms with Gasteiger partial charge < -0.3 is 19.5 Å². The first-order chi connectivity index (χ1) is 11.5. The molecule has 1 N–H and O–H groups in total. The summed E-state index contributed by atoms with van der Waals surface area (Å²) in [5.41, 5.74) is 1.15. The summed E-state index contributed by atoms with van der Waals surface area (Å²) in [6, 6.07) is 6.68. The molecular formula is C18H21F2NO3. The highest BCUT2D eigenvalue weighted by Crippen LogP contribution is 2.38. The first-order valence-electron chi connectivity index (χ1n) is 7.47. The smallest absolute Gasteiger partial charge is 0.203 e. The van der Waals surface area contributed by atoms with Crippen LogP contribution >= 0.6 is 0 Å². The van der Waals surface area contributed by atoms with Gasteiger partial charge in [0.15, 0.2) is 11.5 Å². The van der Waals surface area contributed by atoms with Gasteiger partial charge in [0.05, 0.1) is 21.3 Å². The average molecular weight is 337 g/mol. The minimum atomic E-state index is -0.465. The maximum Gasteiger partial charge on any atom is 0.203 e. The predicted molar refractivity (Wildman–Crippen MR) is 87.7 cm³/mol. The van der Waals surface area contributed by atoms with Crippen molar-refractivity contribution in [3.05, 3.63) is 53.1 Å². The second-order valence-corrected chi connectivity index (χ2v) is 5.30. The molecule has 0 aromatic heterocycles. The number of hydrogen-bond donors (Lipinski definition) is 1. The number of halogens is 2. The van der Waals surface area contributed by atoms with Gasteiger partial charge in [-0.25, -0.2) is 8.78 Å². The molecule has 4 nitrogen and oxygen atoms in total. The van der Waals surface area contributed by atoms with Crippen LogP contribution in [0.5, 0.6) is 17.2 Å². The van der Waals surface area contributed by atoms with Gasteiger partial charge >= 0.3 is 0 Å². The molecule has 0 amide bonds. The third-order valence-electron chi connectivity index (χ3n) is 3.76. The summed E-state index contributed by atoms with van der Waals surface area (Å²) in [6.45, 7) is 2.20. The summed E-state index contributed by atoms with van der Waals surface area (Å²) in [5.74, 6) is 0.679. The predicted octanol–water partition coefficient (Wildman–Crippen LogP) is 3.84. The summed E-state index contributed by atoms with van der Waals surface area (Å²) < 4.78 is 43.0. The summed E-state index contributed by atoms with van der Waals surface area (Å²) in [7, 11) is 4.62. The van der Waals surface area contributed by atoms with E-state index < -0.39 is 11.6 Å². The van der Waals surface area contributed by atoms with E-state index in [-0.39, 0.29) is 11.6 Å². The van der Waals surface area contributed by atoms with Crippen LogP contribution in [0.2, 0.25) is 0 Å². The maximum absolute atomic E-state index is 13.8. The zero-order valence-electron chi connectivity index (χ0n) is 14.2. The second kappa shape index (κ2) is 7.97. The van der Waals surface area contributed by atoms with Gasteiger partial charge in [0.1, 0.15) is 11.6 Å². The Labute approximate surface area is 140 Å². The fourth-order valence-corrected chi connectivity index (χ4v) is 2.46. The molecule has 1 atom stereocenters. The van der Waals surface area contributed by atoms with E-state index in [4.69, 9.17) is 14.2 Å². The highest BCUT2D eigenvalue weighted by atomic mass is 19.1. The summed E-state index contributed by atoms with van der Waals surface area (Å²) in [5, 5.41) is 3.16. The van der Waals surface area contributed by atoms with E-state index in [1.807, 2.05) is 12.1 Å². The third kappa shape index (κ3) is 3.94. The fourth-order valence-electron chi connectivity index (χ4n) is 2.46. The summed E-state index contributed by atoms with van der Waals surface area (Å²) >= 11 is 0.